The molecule has 0 aromatic carbocycles. The third-order valence-corrected chi connectivity index (χ3v) is 4.72. The van der Waals surface area contributed by atoms with Crippen LogP contribution in [0, 0.1) is 16.7 Å². The molecular weight excluding hydrogens is 254 g/mol. The van der Waals surface area contributed by atoms with Gasteiger partial charge in [-0.3, -0.25) is 9.58 Å². The third kappa shape index (κ3) is 2.32. The van der Waals surface area contributed by atoms with Crippen molar-refractivity contribution in [3.63, 3.8) is 0 Å². The Hall–Kier alpha value is -1.45. The second-order valence-electron chi connectivity index (χ2n) is 6.14. The fourth-order valence-electron chi connectivity index (χ4n) is 3.38. The van der Waals surface area contributed by atoms with Crippen molar-refractivity contribution in [2.75, 3.05) is 26.7 Å². The van der Waals surface area contributed by atoms with E-state index in [1.165, 1.54) is 6.42 Å². The minimum Gasteiger partial charge on any atom is -0.379 e. The summed E-state index contributed by atoms with van der Waals surface area (Å²) in [7, 11) is 3.63. The molecule has 108 valence electrons. The van der Waals surface area contributed by atoms with E-state index in [-0.39, 0.29) is 17.4 Å². The highest BCUT2D eigenvalue weighted by molar-refractivity contribution is 5.12. The second kappa shape index (κ2) is 5.15. The van der Waals surface area contributed by atoms with Crippen molar-refractivity contribution in [1.82, 2.24) is 19.9 Å². The first kappa shape index (κ1) is 13.5. The van der Waals surface area contributed by atoms with E-state index in [1.54, 1.807) is 11.8 Å². The Balaban J connectivity index is 1.70. The van der Waals surface area contributed by atoms with Crippen LogP contribution in [0.25, 0.3) is 0 Å². The fraction of sp³-hybridized carbons (Fsp3) is 0.786. The van der Waals surface area contributed by atoms with Gasteiger partial charge in [-0.15, -0.1) is 5.10 Å². The standard InChI is InChI=1S/C14H21N5O/c1-18-7-12(16-17-18)11-6-19(8-13(11)20-2)10-14(9-15)4-3-5-14/h7,11,13H,3-6,8,10H2,1-2H3/t11-,13+/m0/s1. The van der Waals surface area contributed by atoms with Crippen molar-refractivity contribution < 1.29 is 4.74 Å². The minimum absolute atomic E-state index is 0.116. The molecule has 0 spiro atoms. The first-order chi connectivity index (χ1) is 9.65. The Bertz CT molecular complexity index is 516. The van der Waals surface area contributed by atoms with E-state index in [1.807, 2.05) is 13.2 Å². The van der Waals surface area contributed by atoms with Gasteiger partial charge in [0.25, 0.3) is 0 Å². The highest BCUT2D eigenvalue weighted by Gasteiger charge is 2.43. The number of methoxy groups -OCH3 is 1. The normalized spacial score (nSPS) is 29.1. The summed E-state index contributed by atoms with van der Waals surface area (Å²) in [6.07, 6.45) is 5.36. The van der Waals surface area contributed by atoms with E-state index in [2.05, 4.69) is 21.3 Å². The molecule has 0 N–H and O–H groups in total. The lowest BCUT2D eigenvalue weighted by molar-refractivity contribution is 0.0845. The minimum atomic E-state index is -0.116. The Morgan fingerprint density at radius 1 is 1.50 bits per heavy atom. The van der Waals surface area contributed by atoms with Gasteiger partial charge in [0.2, 0.25) is 0 Å². The number of hydrogen-bond acceptors (Lipinski definition) is 5. The van der Waals surface area contributed by atoms with Gasteiger partial charge in [-0.05, 0) is 12.8 Å². The van der Waals surface area contributed by atoms with Gasteiger partial charge in [0, 0.05) is 45.9 Å². The van der Waals surface area contributed by atoms with Crippen LogP contribution in [-0.2, 0) is 11.8 Å². The molecule has 1 aromatic heterocycles. The van der Waals surface area contributed by atoms with Crippen molar-refractivity contribution in [1.29, 1.82) is 5.26 Å². The van der Waals surface area contributed by atoms with Gasteiger partial charge in [0.15, 0.2) is 0 Å². The molecule has 0 unspecified atom stereocenters. The van der Waals surface area contributed by atoms with Crippen LogP contribution in [0.2, 0.25) is 0 Å². The number of aromatic nitrogens is 3. The maximum absolute atomic E-state index is 9.37. The Morgan fingerprint density at radius 3 is 2.80 bits per heavy atom. The first-order valence-electron chi connectivity index (χ1n) is 7.18. The summed E-state index contributed by atoms with van der Waals surface area (Å²) in [6, 6.07) is 2.52. The first-order valence-corrected chi connectivity index (χ1v) is 7.18. The average molecular weight is 275 g/mol. The molecule has 1 aliphatic heterocycles. The van der Waals surface area contributed by atoms with Crippen LogP contribution in [0.15, 0.2) is 6.20 Å². The smallest absolute Gasteiger partial charge is 0.0897 e. The molecule has 1 saturated heterocycles. The largest absolute Gasteiger partial charge is 0.379 e. The topological polar surface area (TPSA) is 67.0 Å². The molecule has 6 heteroatoms. The molecule has 20 heavy (non-hydrogen) atoms. The summed E-state index contributed by atoms with van der Waals surface area (Å²) in [5.74, 6) is 0.254. The van der Waals surface area contributed by atoms with Gasteiger partial charge in [0.05, 0.1) is 23.3 Å². The summed E-state index contributed by atoms with van der Waals surface area (Å²) in [5, 5.41) is 17.6. The molecule has 0 bridgehead atoms. The van der Waals surface area contributed by atoms with Gasteiger partial charge in [-0.2, -0.15) is 5.26 Å². The molecule has 1 aliphatic carbocycles. The zero-order valence-corrected chi connectivity index (χ0v) is 12.1. The molecule has 1 saturated carbocycles. The lowest BCUT2D eigenvalue weighted by Crippen LogP contribution is -2.40. The predicted molar refractivity (Wildman–Crippen MR) is 72.9 cm³/mol. The average Bonchev–Trinajstić information content (AvgIpc) is 2.99. The highest BCUT2D eigenvalue weighted by Crippen LogP contribution is 2.42. The van der Waals surface area contributed by atoms with Gasteiger partial charge >= 0.3 is 0 Å². The third-order valence-electron chi connectivity index (χ3n) is 4.72. The van der Waals surface area contributed by atoms with Crippen molar-refractivity contribution in [3.05, 3.63) is 11.9 Å². The lowest BCUT2D eigenvalue weighted by atomic mass is 9.69. The summed E-state index contributed by atoms with van der Waals surface area (Å²) in [6.45, 7) is 2.64. The van der Waals surface area contributed by atoms with E-state index in [0.717, 1.165) is 38.2 Å². The van der Waals surface area contributed by atoms with Crippen molar-refractivity contribution in [3.8, 4) is 6.07 Å². The Kier molecular flexibility index (Phi) is 3.48. The van der Waals surface area contributed by atoms with E-state index in [0.29, 0.717) is 0 Å². The summed E-state index contributed by atoms with van der Waals surface area (Å²) in [5.41, 5.74) is 0.872. The molecule has 3 rings (SSSR count). The fourth-order valence-corrected chi connectivity index (χ4v) is 3.38. The Labute approximate surface area is 119 Å². The maximum atomic E-state index is 9.37. The zero-order chi connectivity index (χ0) is 14.2. The number of hydrogen-bond donors (Lipinski definition) is 0. The molecule has 1 aromatic rings. The number of ether oxygens (including phenoxy) is 1. The van der Waals surface area contributed by atoms with E-state index in [9.17, 15) is 5.26 Å². The summed E-state index contributed by atoms with van der Waals surface area (Å²) in [4.78, 5) is 2.36. The lowest BCUT2D eigenvalue weighted by Gasteiger charge is -2.38. The van der Waals surface area contributed by atoms with Crippen molar-refractivity contribution in [2.24, 2.45) is 12.5 Å². The SMILES string of the molecule is CO[C@@H]1CN(CC2(C#N)CCC2)C[C@H]1c1cn(C)nn1. The second-order valence-corrected chi connectivity index (χ2v) is 6.14. The number of likely N-dealkylation sites (tertiary alicyclic amines) is 1. The summed E-state index contributed by atoms with van der Waals surface area (Å²) < 4.78 is 7.35. The van der Waals surface area contributed by atoms with Crippen molar-refractivity contribution >= 4 is 0 Å². The van der Waals surface area contributed by atoms with Crippen LogP contribution in [0.5, 0.6) is 0 Å². The summed E-state index contributed by atoms with van der Waals surface area (Å²) >= 11 is 0. The number of nitrogens with zero attached hydrogens (tertiary/aromatic N) is 5. The van der Waals surface area contributed by atoms with Crippen LogP contribution < -0.4 is 0 Å². The van der Waals surface area contributed by atoms with Gasteiger partial charge in [-0.1, -0.05) is 11.6 Å². The molecule has 0 amide bonds. The van der Waals surface area contributed by atoms with Crippen LogP contribution in [0.4, 0.5) is 0 Å². The van der Waals surface area contributed by atoms with Gasteiger partial charge < -0.3 is 4.74 Å². The van der Waals surface area contributed by atoms with Gasteiger partial charge in [0.1, 0.15) is 0 Å². The molecule has 2 aliphatic rings. The van der Waals surface area contributed by atoms with Crippen molar-refractivity contribution in [2.45, 2.75) is 31.3 Å². The highest BCUT2D eigenvalue weighted by atomic mass is 16.5. The van der Waals surface area contributed by atoms with Crippen LogP contribution in [0.1, 0.15) is 30.9 Å². The molecule has 2 atom stereocenters. The number of nitriles is 1. The maximum Gasteiger partial charge on any atom is 0.0897 e. The van der Waals surface area contributed by atoms with E-state index >= 15 is 0 Å². The predicted octanol–water partition coefficient (Wildman–Crippen LogP) is 0.923. The number of rotatable bonds is 4. The Morgan fingerprint density at radius 2 is 2.30 bits per heavy atom. The monoisotopic (exact) mass is 275 g/mol. The van der Waals surface area contributed by atoms with Crippen LogP contribution in [0.3, 0.4) is 0 Å². The molecule has 6 nitrogen and oxygen atoms in total. The van der Waals surface area contributed by atoms with Crippen LogP contribution >= 0.6 is 0 Å². The van der Waals surface area contributed by atoms with E-state index in [4.69, 9.17) is 4.74 Å². The molecule has 0 radical (unpaired) electrons. The molecular formula is C14H21N5O. The van der Waals surface area contributed by atoms with E-state index < -0.39 is 0 Å². The quantitative estimate of drug-likeness (QED) is 0.817. The molecule has 2 heterocycles. The van der Waals surface area contributed by atoms with Crippen LogP contribution in [-0.4, -0.2) is 52.7 Å². The molecule has 2 fully saturated rings. The zero-order valence-electron chi connectivity index (χ0n) is 12.1. The number of aryl methyl sites for hydroxylation is 1. The van der Waals surface area contributed by atoms with Gasteiger partial charge in [-0.25, -0.2) is 0 Å².